The molecule has 6 heteroatoms. The van der Waals surface area contributed by atoms with Crippen LogP contribution in [0.25, 0.3) is 0 Å². The number of nitrogens with zero attached hydrogens (tertiary/aromatic N) is 4. The van der Waals surface area contributed by atoms with E-state index in [0.29, 0.717) is 13.1 Å². The van der Waals surface area contributed by atoms with Gasteiger partial charge in [0.25, 0.3) is 0 Å². The van der Waals surface area contributed by atoms with Crippen LogP contribution < -0.4 is 4.90 Å². The van der Waals surface area contributed by atoms with E-state index in [2.05, 4.69) is 10.1 Å². The zero-order valence-electron chi connectivity index (χ0n) is 9.64. The molecule has 1 aromatic heterocycles. The van der Waals surface area contributed by atoms with Crippen LogP contribution in [-0.2, 0) is 11.3 Å². The highest BCUT2D eigenvalue weighted by Gasteiger charge is 2.32. The Morgan fingerprint density at radius 1 is 1.33 bits per heavy atom. The van der Waals surface area contributed by atoms with Gasteiger partial charge in [-0.3, -0.25) is 4.90 Å². The number of hydrogen-bond donors (Lipinski definition) is 0. The minimum atomic E-state index is -0.314. The van der Waals surface area contributed by atoms with Crippen LogP contribution in [0.15, 0.2) is 43.0 Å². The summed E-state index contributed by atoms with van der Waals surface area (Å²) in [5.74, 6) is 0. The van der Waals surface area contributed by atoms with Gasteiger partial charge in [-0.25, -0.2) is 14.5 Å². The van der Waals surface area contributed by atoms with E-state index in [1.807, 2.05) is 30.3 Å². The molecule has 1 aliphatic rings. The first kappa shape index (κ1) is 10.8. The van der Waals surface area contributed by atoms with Crippen LogP contribution in [0, 0.1) is 0 Å². The number of rotatable bonds is 3. The van der Waals surface area contributed by atoms with E-state index in [4.69, 9.17) is 4.74 Å². The summed E-state index contributed by atoms with van der Waals surface area (Å²) in [6.07, 6.45) is 2.57. The maximum Gasteiger partial charge on any atom is 0.414 e. The maximum absolute atomic E-state index is 11.8. The number of ether oxygens (including phenoxy) is 1. The predicted molar refractivity (Wildman–Crippen MR) is 64.1 cm³/mol. The highest BCUT2D eigenvalue weighted by Crippen LogP contribution is 2.21. The standard InChI is InChI=1S/C12H12N4O2/c17-12-16(10-4-2-1-3-5-10)7-11(18-12)6-15-9-13-8-14-15/h1-5,8-9,11H,6-7H2/t11-/m0/s1. The molecule has 1 fully saturated rings. The van der Waals surface area contributed by atoms with Crippen molar-refractivity contribution in [2.45, 2.75) is 12.6 Å². The van der Waals surface area contributed by atoms with E-state index < -0.39 is 0 Å². The molecule has 92 valence electrons. The van der Waals surface area contributed by atoms with E-state index in [9.17, 15) is 4.79 Å². The molecule has 2 heterocycles. The quantitative estimate of drug-likeness (QED) is 0.816. The highest BCUT2D eigenvalue weighted by molar-refractivity contribution is 5.89. The molecule has 1 atom stereocenters. The first-order valence-electron chi connectivity index (χ1n) is 5.68. The fourth-order valence-electron chi connectivity index (χ4n) is 1.97. The van der Waals surface area contributed by atoms with Gasteiger partial charge in [0.15, 0.2) is 0 Å². The normalized spacial score (nSPS) is 19.0. The van der Waals surface area contributed by atoms with Crippen molar-refractivity contribution in [2.75, 3.05) is 11.4 Å². The lowest BCUT2D eigenvalue weighted by molar-refractivity contribution is 0.129. The summed E-state index contributed by atoms with van der Waals surface area (Å²) in [7, 11) is 0. The van der Waals surface area contributed by atoms with Crippen molar-refractivity contribution in [1.29, 1.82) is 0 Å². The number of benzene rings is 1. The topological polar surface area (TPSA) is 60.3 Å². The number of carbonyl (C=O) groups is 1. The molecule has 1 amide bonds. The fraction of sp³-hybridized carbons (Fsp3) is 0.250. The molecule has 0 bridgehead atoms. The Bertz CT molecular complexity index is 526. The average Bonchev–Trinajstić information content (AvgIpc) is 3.01. The summed E-state index contributed by atoms with van der Waals surface area (Å²) in [5, 5.41) is 4.00. The van der Waals surface area contributed by atoms with Crippen molar-refractivity contribution in [3.05, 3.63) is 43.0 Å². The van der Waals surface area contributed by atoms with Gasteiger partial charge in [-0.2, -0.15) is 5.10 Å². The molecule has 0 spiro atoms. The second-order valence-electron chi connectivity index (χ2n) is 4.07. The van der Waals surface area contributed by atoms with Crippen LogP contribution >= 0.6 is 0 Å². The molecule has 18 heavy (non-hydrogen) atoms. The third-order valence-electron chi connectivity index (χ3n) is 2.80. The molecule has 0 radical (unpaired) electrons. The summed E-state index contributed by atoms with van der Waals surface area (Å²) in [6, 6.07) is 9.48. The molecule has 1 saturated heterocycles. The van der Waals surface area contributed by atoms with E-state index in [-0.39, 0.29) is 12.2 Å². The van der Waals surface area contributed by atoms with Crippen LogP contribution in [0.4, 0.5) is 10.5 Å². The first-order chi connectivity index (χ1) is 8.83. The lowest BCUT2D eigenvalue weighted by Crippen LogP contribution is -2.25. The molecule has 0 aliphatic carbocycles. The van der Waals surface area contributed by atoms with Crippen molar-refractivity contribution < 1.29 is 9.53 Å². The second kappa shape index (κ2) is 4.48. The molecular formula is C12H12N4O2. The van der Waals surface area contributed by atoms with Gasteiger partial charge < -0.3 is 4.74 Å². The van der Waals surface area contributed by atoms with Gasteiger partial charge >= 0.3 is 6.09 Å². The third kappa shape index (κ3) is 2.04. The smallest absolute Gasteiger partial charge is 0.414 e. The molecule has 1 aliphatic heterocycles. The SMILES string of the molecule is O=C1O[C@@H](Cn2cncn2)CN1c1ccccc1. The zero-order valence-corrected chi connectivity index (χ0v) is 9.64. The molecule has 2 aromatic rings. The molecule has 0 N–H and O–H groups in total. The van der Waals surface area contributed by atoms with Crippen molar-refractivity contribution >= 4 is 11.8 Å². The van der Waals surface area contributed by atoms with Crippen LogP contribution in [-0.4, -0.2) is 33.5 Å². The van der Waals surface area contributed by atoms with Gasteiger partial charge in [0.1, 0.15) is 18.8 Å². The van der Waals surface area contributed by atoms with Gasteiger partial charge in [0.2, 0.25) is 0 Å². The second-order valence-corrected chi connectivity index (χ2v) is 4.07. The number of aromatic nitrogens is 3. The maximum atomic E-state index is 11.8. The van der Waals surface area contributed by atoms with Crippen molar-refractivity contribution in [1.82, 2.24) is 14.8 Å². The van der Waals surface area contributed by atoms with Gasteiger partial charge in [0, 0.05) is 5.69 Å². The highest BCUT2D eigenvalue weighted by atomic mass is 16.6. The van der Waals surface area contributed by atoms with Gasteiger partial charge in [0.05, 0.1) is 13.1 Å². The van der Waals surface area contributed by atoms with E-state index >= 15 is 0 Å². The van der Waals surface area contributed by atoms with Crippen LogP contribution in [0.2, 0.25) is 0 Å². The summed E-state index contributed by atoms with van der Waals surface area (Å²) < 4.78 is 6.96. The van der Waals surface area contributed by atoms with Gasteiger partial charge in [-0.05, 0) is 12.1 Å². The largest absolute Gasteiger partial charge is 0.442 e. The summed E-state index contributed by atoms with van der Waals surface area (Å²) in [4.78, 5) is 17.3. The van der Waals surface area contributed by atoms with Crippen LogP contribution in [0.1, 0.15) is 0 Å². The lowest BCUT2D eigenvalue weighted by Gasteiger charge is -2.12. The Balaban J connectivity index is 1.71. The summed E-state index contributed by atoms with van der Waals surface area (Å²) in [6.45, 7) is 1.05. The Morgan fingerprint density at radius 2 is 2.17 bits per heavy atom. The van der Waals surface area contributed by atoms with Crippen LogP contribution in [0.5, 0.6) is 0 Å². The number of cyclic esters (lactones) is 1. The zero-order chi connectivity index (χ0) is 12.4. The summed E-state index contributed by atoms with van der Waals surface area (Å²) in [5.41, 5.74) is 0.851. The Kier molecular flexibility index (Phi) is 2.68. The minimum absolute atomic E-state index is 0.195. The molecule has 3 rings (SSSR count). The summed E-state index contributed by atoms with van der Waals surface area (Å²) >= 11 is 0. The van der Waals surface area contributed by atoms with Crippen molar-refractivity contribution in [2.24, 2.45) is 0 Å². The molecule has 1 aromatic carbocycles. The predicted octanol–water partition coefficient (Wildman–Crippen LogP) is 1.30. The molecule has 6 nitrogen and oxygen atoms in total. The Hall–Kier alpha value is -2.37. The van der Waals surface area contributed by atoms with E-state index in [1.165, 1.54) is 6.33 Å². The first-order valence-corrected chi connectivity index (χ1v) is 5.68. The van der Waals surface area contributed by atoms with Gasteiger partial charge in [-0.1, -0.05) is 18.2 Å². The number of anilines is 1. The van der Waals surface area contributed by atoms with Crippen molar-refractivity contribution in [3.63, 3.8) is 0 Å². The number of para-hydroxylation sites is 1. The van der Waals surface area contributed by atoms with E-state index in [0.717, 1.165) is 5.69 Å². The van der Waals surface area contributed by atoms with Crippen LogP contribution in [0.3, 0.4) is 0 Å². The number of carbonyl (C=O) groups excluding carboxylic acids is 1. The Morgan fingerprint density at radius 3 is 2.89 bits per heavy atom. The molecule has 0 unspecified atom stereocenters. The third-order valence-corrected chi connectivity index (χ3v) is 2.80. The van der Waals surface area contributed by atoms with Gasteiger partial charge in [-0.15, -0.1) is 0 Å². The lowest BCUT2D eigenvalue weighted by atomic mass is 10.3. The number of hydrogen-bond acceptors (Lipinski definition) is 4. The Labute approximate surface area is 104 Å². The van der Waals surface area contributed by atoms with E-state index in [1.54, 1.807) is 15.9 Å². The minimum Gasteiger partial charge on any atom is -0.442 e. The molecular weight excluding hydrogens is 232 g/mol. The fourth-order valence-corrected chi connectivity index (χ4v) is 1.97. The monoisotopic (exact) mass is 244 g/mol. The van der Waals surface area contributed by atoms with Crippen molar-refractivity contribution in [3.8, 4) is 0 Å². The number of amides is 1. The molecule has 0 saturated carbocycles. The average molecular weight is 244 g/mol.